The number of carbonyl (C=O) groups excluding carboxylic acids is 2. The van der Waals surface area contributed by atoms with Gasteiger partial charge in [0.15, 0.2) is 5.82 Å². The Hall–Kier alpha value is -3.87. The molecule has 2 aromatic carbocycles. The third-order valence-corrected chi connectivity index (χ3v) is 4.76. The summed E-state index contributed by atoms with van der Waals surface area (Å²) in [6.07, 6.45) is 5.62. The third-order valence-electron chi connectivity index (χ3n) is 4.76. The maximum absolute atomic E-state index is 13.1. The van der Waals surface area contributed by atoms with Gasteiger partial charge in [0, 0.05) is 30.1 Å². The molecular formula is C22H19N5O2. The minimum Gasteiger partial charge on any atom is -0.366 e. The normalized spacial score (nSPS) is 14.3. The fraction of sp³-hybridized carbons (Fsp3) is 0.136. The second kappa shape index (κ2) is 8.02. The molecular weight excluding hydrogens is 366 g/mol. The molecule has 5 rings (SSSR count). The van der Waals surface area contributed by atoms with Crippen LogP contribution in [0.15, 0.2) is 72.1 Å². The molecule has 0 saturated carbocycles. The van der Waals surface area contributed by atoms with Crippen LogP contribution in [-0.4, -0.2) is 39.1 Å². The third kappa shape index (κ3) is 4.19. The lowest BCUT2D eigenvalue weighted by atomic mass is 10.1. The molecule has 0 spiro atoms. The minimum atomic E-state index is -0.510. The topological polar surface area (TPSA) is 102 Å². The summed E-state index contributed by atoms with van der Waals surface area (Å²) in [7, 11) is 0. The first-order valence-electron chi connectivity index (χ1n) is 9.23. The van der Waals surface area contributed by atoms with E-state index in [1.807, 2.05) is 24.3 Å². The van der Waals surface area contributed by atoms with Crippen LogP contribution in [0.3, 0.4) is 0 Å². The van der Waals surface area contributed by atoms with Crippen LogP contribution in [0.4, 0.5) is 5.82 Å². The Morgan fingerprint density at radius 3 is 2.31 bits per heavy atom. The molecule has 0 saturated heterocycles. The van der Waals surface area contributed by atoms with E-state index in [0.717, 1.165) is 11.1 Å². The summed E-state index contributed by atoms with van der Waals surface area (Å²) in [5.74, 6) is 0.297. The van der Waals surface area contributed by atoms with Gasteiger partial charge in [-0.1, -0.05) is 36.4 Å². The molecule has 144 valence electrons. The molecule has 1 aromatic heterocycles. The Balaban J connectivity index is 1.77. The van der Waals surface area contributed by atoms with Gasteiger partial charge in [-0.15, -0.1) is 0 Å². The monoisotopic (exact) mass is 385 g/mol. The quantitative estimate of drug-likeness (QED) is 0.552. The number of fused-ring (bicyclic) bond motifs is 6. The van der Waals surface area contributed by atoms with Crippen LogP contribution in [0.5, 0.6) is 0 Å². The zero-order chi connectivity index (χ0) is 20.2. The molecule has 0 radical (unpaired) electrons. The molecule has 2 bridgehead atoms. The first kappa shape index (κ1) is 18.5. The summed E-state index contributed by atoms with van der Waals surface area (Å²) in [5.41, 5.74) is 8.53. The van der Waals surface area contributed by atoms with Gasteiger partial charge in [-0.25, -0.2) is 9.98 Å². The lowest BCUT2D eigenvalue weighted by molar-refractivity contribution is -0.126. The number of nitrogens with zero attached hydrogens (tertiary/aromatic N) is 4. The van der Waals surface area contributed by atoms with Crippen molar-refractivity contribution in [3.05, 3.63) is 89.4 Å². The lowest BCUT2D eigenvalue weighted by Gasteiger charge is -2.24. The molecule has 0 aliphatic carbocycles. The van der Waals surface area contributed by atoms with Crippen molar-refractivity contribution < 1.29 is 9.59 Å². The fourth-order valence-corrected chi connectivity index (χ4v) is 3.21. The molecule has 0 atom stereocenters. The average molecular weight is 385 g/mol. The van der Waals surface area contributed by atoms with Gasteiger partial charge in [-0.2, -0.15) is 0 Å². The summed E-state index contributed by atoms with van der Waals surface area (Å²) in [6, 6.07) is 14.8. The molecule has 0 fully saturated rings. The summed E-state index contributed by atoms with van der Waals surface area (Å²) in [4.78, 5) is 39.1. The molecule has 2 aliphatic heterocycles. The van der Waals surface area contributed by atoms with Crippen LogP contribution in [0.25, 0.3) is 0 Å². The van der Waals surface area contributed by atoms with Gasteiger partial charge in [-0.3, -0.25) is 19.5 Å². The molecule has 29 heavy (non-hydrogen) atoms. The van der Waals surface area contributed by atoms with Gasteiger partial charge in [0.05, 0.1) is 12.6 Å². The van der Waals surface area contributed by atoms with Crippen molar-refractivity contribution in [1.82, 2.24) is 14.9 Å². The van der Waals surface area contributed by atoms with E-state index < -0.39 is 5.91 Å². The maximum atomic E-state index is 13.1. The number of rotatable bonds is 3. The molecule has 2 amide bonds. The SMILES string of the molecule is NC(=O)c1ccc(C(=Nc2cnccn2)N2CCc3ccc(cc3)CC2=O)cc1. The number of hydrogen-bond donors (Lipinski definition) is 1. The van der Waals surface area contributed by atoms with E-state index in [4.69, 9.17) is 5.73 Å². The Bertz CT molecular complexity index is 1060. The van der Waals surface area contributed by atoms with Crippen molar-refractivity contribution in [1.29, 1.82) is 0 Å². The van der Waals surface area contributed by atoms with Crippen molar-refractivity contribution in [2.45, 2.75) is 12.8 Å². The summed E-state index contributed by atoms with van der Waals surface area (Å²) >= 11 is 0. The van der Waals surface area contributed by atoms with Gasteiger partial charge in [0.25, 0.3) is 0 Å². The van der Waals surface area contributed by atoms with Crippen molar-refractivity contribution in [2.24, 2.45) is 10.7 Å². The van der Waals surface area contributed by atoms with Crippen molar-refractivity contribution in [3.8, 4) is 0 Å². The predicted molar refractivity (Wildman–Crippen MR) is 109 cm³/mol. The van der Waals surface area contributed by atoms with E-state index in [0.29, 0.717) is 35.7 Å². The largest absolute Gasteiger partial charge is 0.366 e. The molecule has 3 heterocycles. The highest BCUT2D eigenvalue weighted by atomic mass is 16.2. The van der Waals surface area contributed by atoms with E-state index in [2.05, 4.69) is 15.0 Å². The molecule has 2 N–H and O–H groups in total. The first-order valence-corrected chi connectivity index (χ1v) is 9.23. The fourth-order valence-electron chi connectivity index (χ4n) is 3.21. The van der Waals surface area contributed by atoms with E-state index in [1.165, 1.54) is 6.20 Å². The summed E-state index contributed by atoms with van der Waals surface area (Å²) in [6.45, 7) is 0.479. The minimum absolute atomic E-state index is 0.0564. The predicted octanol–water partition coefficient (Wildman–Crippen LogP) is 2.28. The van der Waals surface area contributed by atoms with Crippen LogP contribution in [-0.2, 0) is 17.6 Å². The van der Waals surface area contributed by atoms with Crippen LogP contribution in [0, 0.1) is 0 Å². The Labute approximate surface area is 167 Å². The Morgan fingerprint density at radius 1 is 0.966 bits per heavy atom. The standard InChI is InChI=1S/C22H19N5O2/c23-21(29)17-5-7-18(8-6-17)22(26-19-14-24-10-11-25-19)27-12-9-15-1-3-16(4-2-15)13-20(27)28/h1-8,10-11,14H,9,12-13H2,(H2,23,29). The second-order valence-electron chi connectivity index (χ2n) is 6.73. The van der Waals surface area contributed by atoms with Crippen LogP contribution in [0.2, 0.25) is 0 Å². The highest BCUT2D eigenvalue weighted by Gasteiger charge is 2.23. The van der Waals surface area contributed by atoms with Crippen LogP contribution >= 0.6 is 0 Å². The lowest BCUT2D eigenvalue weighted by Crippen LogP contribution is -2.39. The van der Waals surface area contributed by atoms with E-state index >= 15 is 0 Å². The number of amidine groups is 1. The first-order chi connectivity index (χ1) is 14.1. The van der Waals surface area contributed by atoms with E-state index in [-0.39, 0.29) is 12.3 Å². The summed E-state index contributed by atoms with van der Waals surface area (Å²) in [5, 5.41) is 0. The van der Waals surface area contributed by atoms with Gasteiger partial charge >= 0.3 is 0 Å². The van der Waals surface area contributed by atoms with Crippen LogP contribution in [0.1, 0.15) is 27.0 Å². The van der Waals surface area contributed by atoms with Crippen molar-refractivity contribution >= 4 is 23.5 Å². The van der Waals surface area contributed by atoms with Gasteiger partial charge in [0.2, 0.25) is 11.8 Å². The highest BCUT2D eigenvalue weighted by molar-refractivity contribution is 6.09. The number of amides is 2. The zero-order valence-electron chi connectivity index (χ0n) is 15.7. The van der Waals surface area contributed by atoms with Crippen molar-refractivity contribution in [2.75, 3.05) is 6.54 Å². The van der Waals surface area contributed by atoms with E-state index in [9.17, 15) is 9.59 Å². The number of benzene rings is 2. The molecule has 0 unspecified atom stereocenters. The number of aromatic nitrogens is 2. The number of hydrogen-bond acceptors (Lipinski definition) is 5. The number of primary amides is 1. The maximum Gasteiger partial charge on any atom is 0.248 e. The Kier molecular flexibility index (Phi) is 5.11. The van der Waals surface area contributed by atoms with Crippen molar-refractivity contribution in [3.63, 3.8) is 0 Å². The average Bonchev–Trinajstić information content (AvgIpc) is 2.87. The van der Waals surface area contributed by atoms with Crippen LogP contribution < -0.4 is 5.73 Å². The highest BCUT2D eigenvalue weighted by Crippen LogP contribution is 2.18. The second-order valence-corrected chi connectivity index (χ2v) is 6.73. The molecule has 7 heteroatoms. The zero-order valence-corrected chi connectivity index (χ0v) is 15.7. The Morgan fingerprint density at radius 2 is 1.66 bits per heavy atom. The molecule has 3 aromatic rings. The van der Waals surface area contributed by atoms with E-state index in [1.54, 1.807) is 41.6 Å². The number of carbonyl (C=O) groups is 2. The van der Waals surface area contributed by atoms with Gasteiger partial charge < -0.3 is 5.73 Å². The van der Waals surface area contributed by atoms with Gasteiger partial charge in [0.1, 0.15) is 5.84 Å². The van der Waals surface area contributed by atoms with Gasteiger partial charge in [-0.05, 0) is 29.7 Å². The summed E-state index contributed by atoms with van der Waals surface area (Å²) < 4.78 is 0. The smallest absolute Gasteiger partial charge is 0.248 e. The number of aliphatic imine (C=N–C) groups is 1. The molecule has 2 aliphatic rings. The molecule has 7 nitrogen and oxygen atoms in total. The number of nitrogens with two attached hydrogens (primary N) is 1.